The van der Waals surface area contributed by atoms with Crippen LogP contribution in [0, 0.1) is 20.8 Å². The van der Waals surface area contributed by atoms with Gasteiger partial charge >= 0.3 is 0 Å². The summed E-state index contributed by atoms with van der Waals surface area (Å²) in [5.41, 5.74) is 10.2. The number of aryl methyl sites for hydroxylation is 2. The predicted molar refractivity (Wildman–Crippen MR) is 76.2 cm³/mol. The lowest BCUT2D eigenvalue weighted by atomic mass is 9.91. The van der Waals surface area contributed by atoms with Crippen LogP contribution in [0.2, 0.25) is 0 Å². The van der Waals surface area contributed by atoms with Crippen molar-refractivity contribution < 1.29 is 9.59 Å². The molecule has 0 radical (unpaired) electrons. The first-order chi connectivity index (χ1) is 8.73. The topological polar surface area (TPSA) is 63.4 Å². The smallest absolute Gasteiger partial charge is 0.231 e. The minimum absolute atomic E-state index is 0.0776. The van der Waals surface area contributed by atoms with E-state index in [0.29, 0.717) is 6.54 Å². The van der Waals surface area contributed by atoms with E-state index in [-0.39, 0.29) is 18.2 Å². The molecule has 4 nitrogen and oxygen atoms in total. The number of Topliss-reactive ketones (excluding diaryl/α,β-unsaturated/α-hetero) is 1. The molecule has 0 bridgehead atoms. The van der Waals surface area contributed by atoms with Gasteiger partial charge in [0.25, 0.3) is 0 Å². The molecule has 0 aliphatic rings. The van der Waals surface area contributed by atoms with Crippen LogP contribution in [-0.4, -0.2) is 30.2 Å². The van der Waals surface area contributed by atoms with Gasteiger partial charge in [0.1, 0.15) is 0 Å². The maximum Gasteiger partial charge on any atom is 0.231 e. The van der Waals surface area contributed by atoms with Crippen molar-refractivity contribution in [2.24, 2.45) is 5.73 Å². The molecule has 1 rings (SSSR count). The minimum Gasteiger partial charge on any atom is -0.369 e. The Balaban J connectivity index is 3.17. The van der Waals surface area contributed by atoms with Crippen molar-refractivity contribution in [3.63, 3.8) is 0 Å². The minimum atomic E-state index is -0.350. The normalized spacial score (nSPS) is 10.8. The molecular formula is C15H22N2O2. The zero-order valence-corrected chi connectivity index (χ0v) is 12.3. The van der Waals surface area contributed by atoms with Crippen LogP contribution in [-0.2, 0) is 11.3 Å². The highest BCUT2D eigenvalue weighted by atomic mass is 16.1. The number of ketones is 1. The average Bonchev–Trinajstić information content (AvgIpc) is 2.22. The third-order valence-electron chi connectivity index (χ3n) is 3.34. The number of primary amides is 1. The van der Waals surface area contributed by atoms with E-state index in [4.69, 9.17) is 5.73 Å². The summed E-state index contributed by atoms with van der Waals surface area (Å²) in [5, 5.41) is 0. The lowest BCUT2D eigenvalue weighted by Crippen LogP contribution is -2.30. The molecule has 0 spiro atoms. The Morgan fingerprint density at radius 3 is 2.26 bits per heavy atom. The van der Waals surface area contributed by atoms with Gasteiger partial charge in [0.2, 0.25) is 5.91 Å². The zero-order valence-electron chi connectivity index (χ0n) is 12.3. The van der Waals surface area contributed by atoms with Gasteiger partial charge in [-0.05, 0) is 57.0 Å². The molecule has 1 aromatic rings. The standard InChI is InChI=1S/C15H22N2O2/c1-9-6-10(2)15(12(4)18)11(3)13(9)7-17(5)8-14(16)19/h6H,7-8H2,1-5H3,(H2,16,19). The second-order valence-electron chi connectivity index (χ2n) is 5.18. The maximum absolute atomic E-state index is 11.7. The van der Waals surface area contributed by atoms with Crippen LogP contribution in [0.5, 0.6) is 0 Å². The Labute approximate surface area is 114 Å². The van der Waals surface area contributed by atoms with Gasteiger partial charge in [-0.3, -0.25) is 14.5 Å². The lowest BCUT2D eigenvalue weighted by molar-refractivity contribution is -0.118. The zero-order chi connectivity index (χ0) is 14.7. The number of likely N-dealkylation sites (N-methyl/N-ethyl adjacent to an activating group) is 1. The third-order valence-corrected chi connectivity index (χ3v) is 3.34. The number of rotatable bonds is 5. The Kier molecular flexibility index (Phi) is 4.84. The number of carbonyl (C=O) groups is 2. The van der Waals surface area contributed by atoms with E-state index in [0.717, 1.165) is 27.8 Å². The summed E-state index contributed by atoms with van der Waals surface area (Å²) < 4.78 is 0. The monoisotopic (exact) mass is 262 g/mol. The van der Waals surface area contributed by atoms with Gasteiger partial charge in [0.05, 0.1) is 6.54 Å². The summed E-state index contributed by atoms with van der Waals surface area (Å²) in [4.78, 5) is 24.5. The SMILES string of the molecule is CC(=O)c1c(C)cc(C)c(CN(C)CC(N)=O)c1C. The molecule has 2 N–H and O–H groups in total. The van der Waals surface area contributed by atoms with E-state index in [9.17, 15) is 9.59 Å². The van der Waals surface area contributed by atoms with E-state index >= 15 is 0 Å². The van der Waals surface area contributed by atoms with Crippen LogP contribution in [0.15, 0.2) is 6.07 Å². The first-order valence-corrected chi connectivity index (χ1v) is 6.31. The number of amides is 1. The van der Waals surface area contributed by atoms with Gasteiger partial charge in [-0.25, -0.2) is 0 Å². The number of nitrogens with two attached hydrogens (primary N) is 1. The van der Waals surface area contributed by atoms with Gasteiger partial charge < -0.3 is 5.73 Å². The van der Waals surface area contributed by atoms with Crippen molar-refractivity contribution in [3.05, 3.63) is 33.9 Å². The number of nitrogens with zero attached hydrogens (tertiary/aromatic N) is 1. The average molecular weight is 262 g/mol. The highest BCUT2D eigenvalue weighted by Gasteiger charge is 2.15. The number of hydrogen-bond acceptors (Lipinski definition) is 3. The van der Waals surface area contributed by atoms with E-state index in [2.05, 4.69) is 0 Å². The van der Waals surface area contributed by atoms with Crippen molar-refractivity contribution >= 4 is 11.7 Å². The van der Waals surface area contributed by atoms with E-state index in [1.165, 1.54) is 0 Å². The van der Waals surface area contributed by atoms with Crippen LogP contribution in [0.3, 0.4) is 0 Å². The molecule has 19 heavy (non-hydrogen) atoms. The van der Waals surface area contributed by atoms with E-state index < -0.39 is 0 Å². The highest BCUT2D eigenvalue weighted by molar-refractivity contribution is 5.97. The fourth-order valence-electron chi connectivity index (χ4n) is 2.60. The molecule has 0 unspecified atom stereocenters. The summed E-state index contributed by atoms with van der Waals surface area (Å²) in [6.07, 6.45) is 0. The van der Waals surface area contributed by atoms with Crippen molar-refractivity contribution in [3.8, 4) is 0 Å². The molecule has 0 aliphatic carbocycles. The largest absolute Gasteiger partial charge is 0.369 e. The van der Waals surface area contributed by atoms with Crippen LogP contribution < -0.4 is 5.73 Å². The van der Waals surface area contributed by atoms with E-state index in [1.807, 2.05) is 38.8 Å². The van der Waals surface area contributed by atoms with E-state index in [1.54, 1.807) is 6.92 Å². The molecule has 0 atom stereocenters. The van der Waals surface area contributed by atoms with Crippen molar-refractivity contribution in [1.82, 2.24) is 4.90 Å². The highest BCUT2D eigenvalue weighted by Crippen LogP contribution is 2.23. The fourth-order valence-corrected chi connectivity index (χ4v) is 2.60. The first kappa shape index (κ1) is 15.4. The second kappa shape index (κ2) is 5.97. The first-order valence-electron chi connectivity index (χ1n) is 6.31. The van der Waals surface area contributed by atoms with Crippen LogP contribution in [0.4, 0.5) is 0 Å². The maximum atomic E-state index is 11.7. The molecule has 1 aromatic carbocycles. The molecule has 0 saturated heterocycles. The number of carbonyl (C=O) groups excluding carboxylic acids is 2. The van der Waals surface area contributed by atoms with Gasteiger partial charge in [-0.1, -0.05) is 6.07 Å². The number of benzene rings is 1. The molecule has 0 saturated carbocycles. The van der Waals surface area contributed by atoms with Crippen LogP contribution in [0.1, 0.15) is 39.5 Å². The molecule has 104 valence electrons. The third kappa shape index (κ3) is 3.64. The quantitative estimate of drug-likeness (QED) is 0.822. The van der Waals surface area contributed by atoms with Crippen molar-refractivity contribution in [1.29, 1.82) is 0 Å². The van der Waals surface area contributed by atoms with Gasteiger partial charge in [0.15, 0.2) is 5.78 Å². The van der Waals surface area contributed by atoms with Crippen LogP contribution in [0.25, 0.3) is 0 Å². The summed E-state index contributed by atoms with van der Waals surface area (Å²) >= 11 is 0. The number of hydrogen-bond donors (Lipinski definition) is 1. The molecule has 0 fully saturated rings. The summed E-state index contributed by atoms with van der Waals surface area (Å²) in [5.74, 6) is -0.273. The molecule has 0 aliphatic heterocycles. The van der Waals surface area contributed by atoms with Gasteiger partial charge in [-0.2, -0.15) is 0 Å². The summed E-state index contributed by atoms with van der Waals surface area (Å²) in [7, 11) is 1.84. The van der Waals surface area contributed by atoms with Crippen molar-refractivity contribution in [2.45, 2.75) is 34.2 Å². The Bertz CT molecular complexity index is 521. The summed E-state index contributed by atoms with van der Waals surface area (Å²) in [6, 6.07) is 2.02. The Morgan fingerprint density at radius 2 is 1.79 bits per heavy atom. The molecule has 4 heteroatoms. The van der Waals surface area contributed by atoms with Gasteiger partial charge in [0, 0.05) is 12.1 Å². The van der Waals surface area contributed by atoms with Crippen LogP contribution >= 0.6 is 0 Å². The Morgan fingerprint density at radius 1 is 1.21 bits per heavy atom. The predicted octanol–water partition coefficient (Wildman–Crippen LogP) is 1.73. The second-order valence-corrected chi connectivity index (χ2v) is 5.18. The lowest BCUT2D eigenvalue weighted by Gasteiger charge is -2.20. The fraction of sp³-hybridized carbons (Fsp3) is 0.467. The summed E-state index contributed by atoms with van der Waals surface area (Å²) in [6.45, 7) is 8.35. The van der Waals surface area contributed by atoms with Crippen molar-refractivity contribution in [2.75, 3.05) is 13.6 Å². The molecule has 0 heterocycles. The molecule has 0 aromatic heterocycles. The van der Waals surface area contributed by atoms with Gasteiger partial charge in [-0.15, -0.1) is 0 Å². The molecule has 1 amide bonds. The Hall–Kier alpha value is -1.68. The molecular weight excluding hydrogens is 240 g/mol.